The molecule has 0 amide bonds. The fraction of sp³-hybridized carbons (Fsp3) is 0.600. The molecule has 0 bridgehead atoms. The van der Waals surface area contributed by atoms with E-state index < -0.39 is 5.60 Å². The minimum absolute atomic E-state index is 0. The van der Waals surface area contributed by atoms with Gasteiger partial charge in [0, 0.05) is 25.7 Å². The summed E-state index contributed by atoms with van der Waals surface area (Å²) in [6.07, 6.45) is 5.66. The van der Waals surface area contributed by atoms with E-state index in [0.29, 0.717) is 42.9 Å². The number of aliphatic hydroxyl groups is 1. The molecule has 162 valence electrons. The lowest BCUT2D eigenvalue weighted by Gasteiger charge is -2.26. The third-order valence-electron chi connectivity index (χ3n) is 4.30. The second kappa shape index (κ2) is 13.5. The number of aliphatic imine (C=N–C) groups is 1. The summed E-state index contributed by atoms with van der Waals surface area (Å²) in [5, 5.41) is 21.2. The van der Waals surface area contributed by atoms with Crippen LogP contribution in [0.4, 0.5) is 0 Å². The molecule has 0 aliphatic rings. The van der Waals surface area contributed by atoms with Crippen molar-refractivity contribution in [1.82, 2.24) is 25.8 Å². The van der Waals surface area contributed by atoms with Crippen LogP contribution >= 0.6 is 24.0 Å². The Balaban J connectivity index is 0.00000420. The van der Waals surface area contributed by atoms with Crippen LogP contribution in [0.15, 0.2) is 33.9 Å². The minimum atomic E-state index is -0.739. The zero-order valence-corrected chi connectivity index (χ0v) is 19.8. The van der Waals surface area contributed by atoms with Gasteiger partial charge in [0.05, 0.1) is 12.1 Å². The standard InChI is InChI=1S/C20H32N6O2.HI/c1-4-11-20(27,12-5-2)15-24-19(21-6-3)23-14-10-17-25-18(28-26-17)16-9-7-8-13-22-16;/h7-9,13,27H,4-6,10-12,14-15H2,1-3H3,(H2,21,23,24);1H. The maximum absolute atomic E-state index is 10.7. The molecule has 29 heavy (non-hydrogen) atoms. The highest BCUT2D eigenvalue weighted by Crippen LogP contribution is 2.19. The van der Waals surface area contributed by atoms with Gasteiger partial charge in [-0.15, -0.1) is 24.0 Å². The van der Waals surface area contributed by atoms with Gasteiger partial charge in [0.15, 0.2) is 11.8 Å². The van der Waals surface area contributed by atoms with Gasteiger partial charge in [-0.25, -0.2) is 0 Å². The van der Waals surface area contributed by atoms with Gasteiger partial charge >= 0.3 is 0 Å². The first-order valence-electron chi connectivity index (χ1n) is 10.1. The lowest BCUT2D eigenvalue weighted by atomic mass is 9.93. The molecular formula is C20H33IN6O2. The predicted octanol–water partition coefficient (Wildman–Crippen LogP) is 3.18. The third kappa shape index (κ3) is 8.65. The topological polar surface area (TPSA) is 108 Å². The van der Waals surface area contributed by atoms with Crippen molar-refractivity contribution in [2.45, 2.75) is 58.5 Å². The molecule has 0 atom stereocenters. The minimum Gasteiger partial charge on any atom is -0.388 e. The molecule has 0 aliphatic heterocycles. The summed E-state index contributed by atoms with van der Waals surface area (Å²) in [6.45, 7) is 7.91. The summed E-state index contributed by atoms with van der Waals surface area (Å²) in [5.41, 5.74) is -0.0767. The smallest absolute Gasteiger partial charge is 0.276 e. The first kappa shape index (κ1) is 25.3. The van der Waals surface area contributed by atoms with Crippen LogP contribution in [0.25, 0.3) is 11.6 Å². The molecule has 3 N–H and O–H groups in total. The molecular weight excluding hydrogens is 483 g/mol. The summed E-state index contributed by atoms with van der Waals surface area (Å²) < 4.78 is 5.27. The number of hydrogen-bond acceptors (Lipinski definition) is 6. The molecule has 2 heterocycles. The monoisotopic (exact) mass is 516 g/mol. The van der Waals surface area contributed by atoms with Crippen molar-refractivity contribution in [1.29, 1.82) is 0 Å². The second-order valence-corrected chi connectivity index (χ2v) is 6.83. The SMILES string of the molecule is CCCC(O)(CCC)CN=C(NCC)NCCc1noc(-c2ccccn2)n1.I. The number of rotatable bonds is 11. The maximum Gasteiger partial charge on any atom is 0.276 e. The molecule has 0 aromatic carbocycles. The molecule has 2 rings (SSSR count). The van der Waals surface area contributed by atoms with Crippen LogP contribution in [-0.4, -0.2) is 51.4 Å². The molecule has 0 saturated heterocycles. The largest absolute Gasteiger partial charge is 0.388 e. The average Bonchev–Trinajstić information content (AvgIpc) is 3.16. The lowest BCUT2D eigenvalue weighted by molar-refractivity contribution is 0.0306. The van der Waals surface area contributed by atoms with Crippen molar-refractivity contribution >= 4 is 29.9 Å². The summed E-state index contributed by atoms with van der Waals surface area (Å²) in [7, 11) is 0. The van der Waals surface area contributed by atoms with Crippen LogP contribution in [-0.2, 0) is 6.42 Å². The highest BCUT2D eigenvalue weighted by molar-refractivity contribution is 14.0. The maximum atomic E-state index is 10.7. The third-order valence-corrected chi connectivity index (χ3v) is 4.30. The Hall–Kier alpha value is -1.75. The Kier molecular flexibility index (Phi) is 11.7. The van der Waals surface area contributed by atoms with Gasteiger partial charge in [0.25, 0.3) is 5.89 Å². The van der Waals surface area contributed by atoms with E-state index in [2.05, 4.69) is 44.6 Å². The fourth-order valence-electron chi connectivity index (χ4n) is 3.02. The summed E-state index contributed by atoms with van der Waals surface area (Å²) in [6, 6.07) is 5.55. The number of halogens is 1. The Bertz CT molecular complexity index is 717. The number of aromatic nitrogens is 3. The van der Waals surface area contributed by atoms with Crippen LogP contribution in [0.2, 0.25) is 0 Å². The van der Waals surface area contributed by atoms with Crippen molar-refractivity contribution < 1.29 is 9.63 Å². The summed E-state index contributed by atoms with van der Waals surface area (Å²) in [5.74, 6) is 1.71. The van der Waals surface area contributed by atoms with Crippen LogP contribution in [0.1, 0.15) is 52.3 Å². The number of hydrogen-bond donors (Lipinski definition) is 3. The Morgan fingerprint density at radius 3 is 2.55 bits per heavy atom. The van der Waals surface area contributed by atoms with Gasteiger partial charge in [-0.2, -0.15) is 4.98 Å². The van der Waals surface area contributed by atoms with Gasteiger partial charge in [0.1, 0.15) is 5.69 Å². The van der Waals surface area contributed by atoms with Crippen LogP contribution < -0.4 is 10.6 Å². The van der Waals surface area contributed by atoms with E-state index in [1.165, 1.54) is 0 Å². The molecule has 0 saturated carbocycles. The molecule has 9 heteroatoms. The molecule has 2 aromatic heterocycles. The molecule has 2 aromatic rings. The normalized spacial score (nSPS) is 11.8. The number of pyridine rings is 1. The van der Waals surface area contributed by atoms with Crippen LogP contribution in [0.3, 0.4) is 0 Å². The van der Waals surface area contributed by atoms with E-state index in [4.69, 9.17) is 4.52 Å². The van der Waals surface area contributed by atoms with Gasteiger partial charge in [-0.3, -0.25) is 9.98 Å². The van der Waals surface area contributed by atoms with E-state index in [-0.39, 0.29) is 24.0 Å². The number of nitrogens with one attached hydrogen (secondary N) is 2. The van der Waals surface area contributed by atoms with Gasteiger partial charge in [-0.05, 0) is 31.9 Å². The molecule has 0 aliphatic carbocycles. The van der Waals surface area contributed by atoms with E-state index in [1.54, 1.807) is 6.20 Å². The van der Waals surface area contributed by atoms with Gasteiger partial charge in [0.2, 0.25) is 0 Å². The molecule has 0 spiro atoms. The van der Waals surface area contributed by atoms with Crippen molar-refractivity contribution in [3.05, 3.63) is 30.2 Å². The first-order chi connectivity index (χ1) is 13.6. The Morgan fingerprint density at radius 1 is 1.17 bits per heavy atom. The molecule has 0 radical (unpaired) electrons. The lowest BCUT2D eigenvalue weighted by Crippen LogP contribution is -2.41. The fourth-order valence-corrected chi connectivity index (χ4v) is 3.02. The number of guanidine groups is 1. The van der Waals surface area contributed by atoms with E-state index >= 15 is 0 Å². The van der Waals surface area contributed by atoms with Crippen molar-refractivity contribution in [3.63, 3.8) is 0 Å². The molecule has 0 unspecified atom stereocenters. The number of nitrogens with zero attached hydrogens (tertiary/aromatic N) is 4. The highest BCUT2D eigenvalue weighted by Gasteiger charge is 2.24. The summed E-state index contributed by atoms with van der Waals surface area (Å²) in [4.78, 5) is 13.2. The second-order valence-electron chi connectivity index (χ2n) is 6.83. The van der Waals surface area contributed by atoms with E-state index in [0.717, 1.165) is 32.2 Å². The van der Waals surface area contributed by atoms with Crippen LogP contribution in [0, 0.1) is 0 Å². The van der Waals surface area contributed by atoms with Crippen LogP contribution in [0.5, 0.6) is 0 Å². The van der Waals surface area contributed by atoms with E-state index in [1.807, 2.05) is 25.1 Å². The zero-order chi connectivity index (χ0) is 20.2. The summed E-state index contributed by atoms with van der Waals surface area (Å²) >= 11 is 0. The Labute approximate surface area is 190 Å². The van der Waals surface area contributed by atoms with Crippen molar-refractivity contribution in [2.24, 2.45) is 4.99 Å². The first-order valence-corrected chi connectivity index (χ1v) is 10.1. The molecule has 0 fully saturated rings. The zero-order valence-electron chi connectivity index (χ0n) is 17.5. The quantitative estimate of drug-likeness (QED) is 0.239. The molecule has 8 nitrogen and oxygen atoms in total. The predicted molar refractivity (Wildman–Crippen MR) is 125 cm³/mol. The highest BCUT2D eigenvalue weighted by atomic mass is 127. The van der Waals surface area contributed by atoms with E-state index in [9.17, 15) is 5.11 Å². The van der Waals surface area contributed by atoms with Gasteiger partial charge in [-0.1, -0.05) is 37.9 Å². The van der Waals surface area contributed by atoms with Crippen molar-refractivity contribution in [3.8, 4) is 11.6 Å². The average molecular weight is 516 g/mol. The van der Waals surface area contributed by atoms with Crippen molar-refractivity contribution in [2.75, 3.05) is 19.6 Å². The Morgan fingerprint density at radius 2 is 1.93 bits per heavy atom. The van der Waals surface area contributed by atoms with Gasteiger partial charge < -0.3 is 20.3 Å².